The van der Waals surface area contributed by atoms with Crippen molar-refractivity contribution in [3.05, 3.63) is 30.1 Å². The molecule has 20 heavy (non-hydrogen) atoms. The van der Waals surface area contributed by atoms with Gasteiger partial charge in [-0.1, -0.05) is 13.0 Å². The molecule has 0 saturated carbocycles. The van der Waals surface area contributed by atoms with Crippen LogP contribution < -0.4 is 4.90 Å². The fourth-order valence-electron chi connectivity index (χ4n) is 3.19. The summed E-state index contributed by atoms with van der Waals surface area (Å²) in [6.45, 7) is 2.53. The predicted molar refractivity (Wildman–Crippen MR) is 72.7 cm³/mol. The maximum Gasteiger partial charge on any atom is 0.250 e. The Morgan fingerprint density at radius 2 is 2.10 bits per heavy atom. The van der Waals surface area contributed by atoms with Crippen molar-refractivity contribution in [3.63, 3.8) is 0 Å². The third kappa shape index (κ3) is 1.88. The third-order valence-corrected chi connectivity index (χ3v) is 4.13. The van der Waals surface area contributed by atoms with Crippen molar-refractivity contribution < 1.29 is 14.0 Å². The van der Waals surface area contributed by atoms with E-state index < -0.39 is 11.9 Å². The van der Waals surface area contributed by atoms with E-state index in [0.29, 0.717) is 25.1 Å². The van der Waals surface area contributed by atoms with E-state index in [0.717, 1.165) is 6.42 Å². The zero-order valence-corrected chi connectivity index (χ0v) is 11.4. The summed E-state index contributed by atoms with van der Waals surface area (Å²) < 4.78 is 13.4. The Bertz CT molecular complexity index is 561. The van der Waals surface area contributed by atoms with Gasteiger partial charge in [0, 0.05) is 12.2 Å². The Kier molecular flexibility index (Phi) is 3.20. The van der Waals surface area contributed by atoms with Crippen molar-refractivity contribution in [1.82, 2.24) is 4.90 Å². The van der Waals surface area contributed by atoms with E-state index in [2.05, 4.69) is 0 Å². The molecule has 1 aromatic carbocycles. The molecule has 0 N–H and O–H groups in total. The molecule has 2 fully saturated rings. The predicted octanol–water partition coefficient (Wildman–Crippen LogP) is 1.94. The van der Waals surface area contributed by atoms with Gasteiger partial charge in [0.1, 0.15) is 17.9 Å². The molecule has 2 amide bonds. The second-order valence-electron chi connectivity index (χ2n) is 5.30. The Labute approximate surface area is 117 Å². The highest BCUT2D eigenvalue weighted by molar-refractivity contribution is 6.08. The number of hydrogen-bond acceptors (Lipinski definition) is 2. The fourth-order valence-corrected chi connectivity index (χ4v) is 3.19. The van der Waals surface area contributed by atoms with Gasteiger partial charge in [-0.05, 0) is 37.5 Å². The molecule has 2 aliphatic rings. The zero-order chi connectivity index (χ0) is 14.3. The molecule has 2 unspecified atom stereocenters. The first-order valence-corrected chi connectivity index (χ1v) is 7.02. The van der Waals surface area contributed by atoms with Gasteiger partial charge in [-0.15, -0.1) is 0 Å². The number of rotatable bonds is 2. The lowest BCUT2D eigenvalue weighted by Gasteiger charge is -2.42. The van der Waals surface area contributed by atoms with Gasteiger partial charge in [0.15, 0.2) is 0 Å². The smallest absolute Gasteiger partial charge is 0.250 e. The van der Waals surface area contributed by atoms with Crippen LogP contribution in [0.2, 0.25) is 0 Å². The number of carbonyl (C=O) groups excluding carboxylic acids is 2. The lowest BCUT2D eigenvalue weighted by atomic mass is 10.0. The van der Waals surface area contributed by atoms with Crippen molar-refractivity contribution in [1.29, 1.82) is 0 Å². The third-order valence-electron chi connectivity index (χ3n) is 4.13. The van der Waals surface area contributed by atoms with Crippen LogP contribution in [0.5, 0.6) is 0 Å². The first-order chi connectivity index (χ1) is 9.63. The molecule has 2 saturated heterocycles. The largest absolute Gasteiger partial charge is 0.329 e. The lowest BCUT2D eigenvalue weighted by molar-refractivity contribution is -0.144. The molecule has 0 radical (unpaired) electrons. The number of carbonyl (C=O) groups is 2. The second-order valence-corrected chi connectivity index (χ2v) is 5.30. The van der Waals surface area contributed by atoms with E-state index in [1.54, 1.807) is 17.0 Å². The zero-order valence-electron chi connectivity index (χ0n) is 11.4. The minimum absolute atomic E-state index is 0.0149. The van der Waals surface area contributed by atoms with Crippen LogP contribution in [0.1, 0.15) is 26.2 Å². The number of anilines is 1. The van der Waals surface area contributed by atoms with Crippen molar-refractivity contribution in [2.24, 2.45) is 0 Å². The topological polar surface area (TPSA) is 40.6 Å². The summed E-state index contributed by atoms with van der Waals surface area (Å²) in [5, 5.41) is 0. The molecule has 2 aliphatic heterocycles. The number of halogens is 1. The Morgan fingerprint density at radius 3 is 2.80 bits per heavy atom. The molecule has 4 nitrogen and oxygen atoms in total. The Hall–Kier alpha value is -1.91. The Morgan fingerprint density at radius 1 is 1.30 bits per heavy atom. The minimum Gasteiger partial charge on any atom is -0.329 e. The average molecular weight is 276 g/mol. The molecule has 2 atom stereocenters. The van der Waals surface area contributed by atoms with Crippen LogP contribution in [0.25, 0.3) is 0 Å². The summed E-state index contributed by atoms with van der Waals surface area (Å²) in [6, 6.07) is 5.02. The van der Waals surface area contributed by atoms with Crippen LogP contribution in [0.15, 0.2) is 24.3 Å². The Balaban J connectivity index is 2.03. The molecule has 3 rings (SSSR count). The van der Waals surface area contributed by atoms with Crippen molar-refractivity contribution >= 4 is 17.5 Å². The SMILES string of the molecule is CCC1C(=O)N2CCCC2C(=O)N1c1cccc(F)c1. The summed E-state index contributed by atoms with van der Waals surface area (Å²) in [7, 11) is 0. The van der Waals surface area contributed by atoms with Gasteiger partial charge in [0.05, 0.1) is 0 Å². The van der Waals surface area contributed by atoms with Crippen LogP contribution in [0, 0.1) is 5.82 Å². The van der Waals surface area contributed by atoms with Gasteiger partial charge < -0.3 is 4.90 Å². The van der Waals surface area contributed by atoms with Crippen LogP contribution in [0.3, 0.4) is 0 Å². The molecule has 1 aromatic rings. The minimum atomic E-state index is -0.515. The summed E-state index contributed by atoms with van der Waals surface area (Å²) in [5.41, 5.74) is 0.474. The van der Waals surface area contributed by atoms with Gasteiger partial charge in [-0.25, -0.2) is 4.39 Å². The number of piperazine rings is 1. The average Bonchev–Trinajstić information content (AvgIpc) is 2.92. The monoisotopic (exact) mass is 276 g/mol. The second kappa shape index (κ2) is 4.89. The van der Waals surface area contributed by atoms with Crippen molar-refractivity contribution in [2.75, 3.05) is 11.4 Å². The van der Waals surface area contributed by atoms with Crippen molar-refractivity contribution in [2.45, 2.75) is 38.3 Å². The number of nitrogens with zero attached hydrogens (tertiary/aromatic N) is 2. The molecule has 0 aliphatic carbocycles. The van der Waals surface area contributed by atoms with Gasteiger partial charge in [0.2, 0.25) is 5.91 Å². The molecule has 5 heteroatoms. The van der Waals surface area contributed by atoms with Gasteiger partial charge in [0.25, 0.3) is 5.91 Å². The van der Waals surface area contributed by atoms with Crippen molar-refractivity contribution in [3.8, 4) is 0 Å². The fraction of sp³-hybridized carbons (Fsp3) is 0.467. The molecule has 0 spiro atoms. The molecule has 106 valence electrons. The van der Waals surface area contributed by atoms with E-state index in [1.807, 2.05) is 6.92 Å². The summed E-state index contributed by atoms with van der Waals surface area (Å²) in [5.74, 6) is -0.495. The van der Waals surface area contributed by atoms with Crippen LogP contribution >= 0.6 is 0 Å². The first kappa shape index (κ1) is 13.1. The van der Waals surface area contributed by atoms with Crippen LogP contribution in [-0.2, 0) is 9.59 Å². The molecular weight excluding hydrogens is 259 g/mol. The molecular formula is C15H17FN2O2. The first-order valence-electron chi connectivity index (χ1n) is 7.02. The summed E-state index contributed by atoms with van der Waals surface area (Å²) in [6.07, 6.45) is 2.09. The maximum absolute atomic E-state index is 13.4. The lowest BCUT2D eigenvalue weighted by Crippen LogP contribution is -2.63. The molecule has 0 aromatic heterocycles. The van der Waals surface area contributed by atoms with Gasteiger partial charge in [-0.3, -0.25) is 14.5 Å². The highest BCUT2D eigenvalue weighted by atomic mass is 19.1. The highest BCUT2D eigenvalue weighted by Gasteiger charge is 2.47. The molecule has 2 heterocycles. The van der Waals surface area contributed by atoms with Crippen LogP contribution in [0.4, 0.5) is 10.1 Å². The number of amides is 2. The van der Waals surface area contributed by atoms with E-state index in [4.69, 9.17) is 0 Å². The van der Waals surface area contributed by atoms with E-state index in [9.17, 15) is 14.0 Å². The van der Waals surface area contributed by atoms with E-state index >= 15 is 0 Å². The number of fused-ring (bicyclic) bond motifs is 1. The van der Waals surface area contributed by atoms with E-state index in [-0.39, 0.29) is 17.9 Å². The van der Waals surface area contributed by atoms with Gasteiger partial charge >= 0.3 is 0 Å². The summed E-state index contributed by atoms with van der Waals surface area (Å²) in [4.78, 5) is 28.3. The van der Waals surface area contributed by atoms with Crippen LogP contribution in [-0.4, -0.2) is 35.3 Å². The number of hydrogen-bond donors (Lipinski definition) is 0. The standard InChI is InChI=1S/C15H17FN2O2/c1-2-12-14(19)17-8-4-7-13(17)15(20)18(12)11-6-3-5-10(16)9-11/h3,5-6,9,12-13H,2,4,7-8H2,1H3. The quantitative estimate of drug-likeness (QED) is 0.828. The summed E-state index contributed by atoms with van der Waals surface area (Å²) >= 11 is 0. The molecule has 0 bridgehead atoms. The van der Waals surface area contributed by atoms with E-state index in [1.165, 1.54) is 17.0 Å². The van der Waals surface area contributed by atoms with Gasteiger partial charge in [-0.2, -0.15) is 0 Å². The number of benzene rings is 1. The maximum atomic E-state index is 13.4. The highest BCUT2D eigenvalue weighted by Crippen LogP contribution is 2.31. The normalized spacial score (nSPS) is 26.1.